The molecule has 14 heteroatoms. The Morgan fingerprint density at radius 1 is 1.08 bits per heavy atom. The normalized spacial score (nSPS) is 17.6. The minimum Gasteiger partial charge on any atom is -1.00 e. The Kier molecular flexibility index (Phi) is 9.12. The third kappa shape index (κ3) is 6.22. The Hall–Kier alpha value is -4.59. The van der Waals surface area contributed by atoms with Crippen LogP contribution in [0.25, 0.3) is 28.1 Å². The van der Waals surface area contributed by atoms with Gasteiger partial charge in [-0.25, -0.2) is 13.2 Å². The largest absolute Gasteiger partial charge is 1.00 e. The number of hydrogen-bond acceptors (Lipinski definition) is 9. The molecule has 12 nitrogen and oxygen atoms in total. The Morgan fingerprint density at radius 3 is 2.61 bits per heavy atom. The molecule has 256 valence electrons. The highest BCUT2D eigenvalue weighted by molar-refractivity contribution is 7.85. The maximum absolute atomic E-state index is 12.2. The van der Waals surface area contributed by atoms with E-state index in [9.17, 15) is 27.4 Å². The summed E-state index contributed by atoms with van der Waals surface area (Å²) in [6.45, 7) is 6.63. The number of pyridine rings is 1. The second-order valence-electron chi connectivity index (χ2n) is 12.8. The minimum absolute atomic E-state index is 0. The zero-order chi connectivity index (χ0) is 33.8. The maximum atomic E-state index is 12.2. The van der Waals surface area contributed by atoms with Crippen LogP contribution in [0.3, 0.4) is 0 Å². The van der Waals surface area contributed by atoms with E-state index in [2.05, 4.69) is 59.9 Å². The van der Waals surface area contributed by atoms with Gasteiger partial charge >= 0.3 is 11.9 Å². The van der Waals surface area contributed by atoms with Crippen molar-refractivity contribution in [3.8, 4) is 0 Å². The van der Waals surface area contributed by atoms with Crippen LogP contribution < -0.4 is 26.4 Å². The molecule has 0 atom stereocenters. The maximum Gasteiger partial charge on any atom is 0.374 e. The molecule has 2 aromatic carbocycles. The van der Waals surface area contributed by atoms with E-state index in [1.54, 1.807) is 6.07 Å². The van der Waals surface area contributed by atoms with E-state index in [-0.39, 0.29) is 47.6 Å². The van der Waals surface area contributed by atoms with Gasteiger partial charge < -0.3 is 31.1 Å². The van der Waals surface area contributed by atoms with Crippen molar-refractivity contribution in [2.45, 2.75) is 75.8 Å². The summed E-state index contributed by atoms with van der Waals surface area (Å²) in [5.41, 5.74) is 5.53. The number of nitrogens with zero attached hydrogens (tertiary/aromatic N) is 4. The fourth-order valence-electron chi connectivity index (χ4n) is 6.99. The van der Waals surface area contributed by atoms with Crippen molar-refractivity contribution < 1.29 is 58.2 Å². The molecule has 5 heterocycles. The topological polar surface area (TPSA) is 145 Å². The van der Waals surface area contributed by atoms with Gasteiger partial charge in [0.1, 0.15) is 15.8 Å². The molecule has 4 aromatic rings. The van der Waals surface area contributed by atoms with Gasteiger partial charge in [0.2, 0.25) is 11.1 Å². The number of rotatable bonds is 10. The first kappa shape index (κ1) is 34.3. The number of fused-ring (bicyclic) bond motifs is 1. The van der Waals surface area contributed by atoms with E-state index >= 15 is 0 Å². The van der Waals surface area contributed by atoms with Crippen molar-refractivity contribution in [2.24, 2.45) is 0 Å². The number of unbranched alkanes of at least 4 members (excludes halogenated alkanes) is 2. The van der Waals surface area contributed by atoms with Gasteiger partial charge in [-0.15, -0.1) is 5.06 Å². The number of halogens is 1. The highest BCUT2D eigenvalue weighted by atomic mass is 35.5. The molecule has 3 aliphatic heterocycles. The van der Waals surface area contributed by atoms with E-state index in [0.29, 0.717) is 42.3 Å². The van der Waals surface area contributed by atoms with Crippen molar-refractivity contribution in [1.82, 2.24) is 5.06 Å². The van der Waals surface area contributed by atoms with Gasteiger partial charge in [0, 0.05) is 60.4 Å². The summed E-state index contributed by atoms with van der Waals surface area (Å²) in [7, 11) is -4.68. The number of aryl methyl sites for hydroxylation is 1. The van der Waals surface area contributed by atoms with Crippen LogP contribution in [-0.4, -0.2) is 42.4 Å². The fraction of sp³-hybridized carbons (Fsp3) is 0.343. The predicted octanol–water partition coefficient (Wildman–Crippen LogP) is 0.945. The van der Waals surface area contributed by atoms with Crippen LogP contribution >= 0.6 is 0 Å². The van der Waals surface area contributed by atoms with Gasteiger partial charge in [0.15, 0.2) is 19.3 Å². The van der Waals surface area contributed by atoms with Crippen molar-refractivity contribution >= 4 is 61.7 Å². The lowest BCUT2D eigenvalue weighted by Gasteiger charge is -2.27. The van der Waals surface area contributed by atoms with Crippen LogP contribution in [0.4, 0.5) is 5.69 Å². The number of amides is 2. The molecule has 0 N–H and O–H groups in total. The van der Waals surface area contributed by atoms with Crippen LogP contribution in [0.15, 0.2) is 75.8 Å². The Bertz CT molecular complexity index is 2170. The summed E-state index contributed by atoms with van der Waals surface area (Å²) in [4.78, 5) is 42.6. The highest BCUT2D eigenvalue weighted by Crippen LogP contribution is 2.50. The number of imide groups is 1. The quantitative estimate of drug-likeness (QED) is 0.102. The van der Waals surface area contributed by atoms with E-state index < -0.39 is 27.9 Å². The van der Waals surface area contributed by atoms with Crippen molar-refractivity contribution in [3.63, 3.8) is 0 Å². The van der Waals surface area contributed by atoms with Crippen LogP contribution in [0.5, 0.6) is 0 Å². The van der Waals surface area contributed by atoms with E-state index in [0.717, 1.165) is 18.8 Å². The molecule has 0 saturated carbocycles. The lowest BCUT2D eigenvalue weighted by atomic mass is 9.83. The average Bonchev–Trinajstić information content (AvgIpc) is 3.64. The third-order valence-corrected chi connectivity index (χ3v) is 10.2. The molecule has 0 bridgehead atoms. The molecule has 0 unspecified atom stereocenters. The third-order valence-electron chi connectivity index (χ3n) is 9.40. The lowest BCUT2D eigenvalue weighted by Crippen LogP contribution is -3.00. The molecule has 1 saturated heterocycles. The number of carbonyl (C=O) groups is 3. The van der Waals surface area contributed by atoms with Gasteiger partial charge in [0.05, 0.1) is 17.5 Å². The van der Waals surface area contributed by atoms with Crippen molar-refractivity contribution in [2.75, 3.05) is 11.4 Å². The van der Waals surface area contributed by atoms with E-state index in [1.165, 1.54) is 34.3 Å². The fourth-order valence-corrected chi connectivity index (χ4v) is 7.48. The average molecular weight is 707 g/mol. The molecule has 0 aliphatic carbocycles. The van der Waals surface area contributed by atoms with Gasteiger partial charge in [-0.3, -0.25) is 9.59 Å². The van der Waals surface area contributed by atoms with Crippen LogP contribution in [0.1, 0.15) is 63.8 Å². The second-order valence-corrected chi connectivity index (χ2v) is 14.2. The van der Waals surface area contributed by atoms with Crippen LogP contribution in [0, 0.1) is 0 Å². The first-order chi connectivity index (χ1) is 22.9. The van der Waals surface area contributed by atoms with Crippen LogP contribution in [-0.2, 0) is 47.8 Å². The Morgan fingerprint density at radius 2 is 1.86 bits per heavy atom. The second kappa shape index (κ2) is 13.0. The molecule has 1 fully saturated rings. The zero-order valence-electron chi connectivity index (χ0n) is 27.1. The Labute approximate surface area is 289 Å². The van der Waals surface area contributed by atoms with Gasteiger partial charge in [0.25, 0.3) is 17.3 Å². The number of carbonyl (C=O) groups excluding carboxylic acids is 3. The van der Waals surface area contributed by atoms with Gasteiger partial charge in [-0.1, -0.05) is 26.0 Å². The monoisotopic (exact) mass is 706 g/mol. The molecule has 0 radical (unpaired) electrons. The molecule has 7 rings (SSSR count). The standard InChI is InChI=1S/C35H35N4O8S.ClH/c1-35(2)25-14-12-23-8-7-18-36-20-21-38(34(25)33(23)36)28(35)9-6-10-31-37(26-15-13-24(48(43,44)45)22-27(26)46-31)19-5-3-4-11-32(42)47-39-29(40)16-17-30(39)41;/h6-10,12-15,18,22H,3-5,11,16-17,19-21H2,1-2H3;1H/q+1;/p-1. The minimum atomic E-state index is -4.68. The number of benzene rings is 2. The lowest BCUT2D eigenvalue weighted by molar-refractivity contribution is -0.678. The number of aromatic nitrogens is 2. The first-order valence-corrected chi connectivity index (χ1v) is 17.5. The number of hydrogen-bond donors (Lipinski definition) is 0. The van der Waals surface area contributed by atoms with Crippen molar-refractivity contribution in [3.05, 3.63) is 78.0 Å². The summed E-state index contributed by atoms with van der Waals surface area (Å²) in [6.07, 6.45) is 9.86. The molecule has 3 aliphatic rings. The molecule has 0 spiro atoms. The summed E-state index contributed by atoms with van der Waals surface area (Å²) in [6, 6.07) is 12.7. The zero-order valence-corrected chi connectivity index (χ0v) is 28.6. The molecule has 49 heavy (non-hydrogen) atoms. The number of oxazole rings is 1. The summed E-state index contributed by atoms with van der Waals surface area (Å²) in [5.74, 6) is -1.20. The van der Waals surface area contributed by atoms with E-state index in [4.69, 9.17) is 9.25 Å². The van der Waals surface area contributed by atoms with Crippen molar-refractivity contribution in [1.29, 1.82) is 0 Å². The number of allylic oxidation sites excluding steroid dienone is 3. The van der Waals surface area contributed by atoms with Crippen LogP contribution in [0.2, 0.25) is 0 Å². The van der Waals surface area contributed by atoms with Gasteiger partial charge in [-0.05, 0) is 42.7 Å². The molecule has 2 amide bonds. The molecular weight excluding hydrogens is 672 g/mol. The summed E-state index contributed by atoms with van der Waals surface area (Å²) < 4.78 is 45.5. The predicted molar refractivity (Wildman–Crippen MR) is 172 cm³/mol. The number of hydroxylamine groups is 2. The highest BCUT2D eigenvalue weighted by Gasteiger charge is 2.45. The van der Waals surface area contributed by atoms with Gasteiger partial charge in [-0.2, -0.15) is 9.13 Å². The smallest absolute Gasteiger partial charge is 0.374 e. The summed E-state index contributed by atoms with van der Waals surface area (Å²) >= 11 is 0. The first-order valence-electron chi connectivity index (χ1n) is 16.0. The van der Waals surface area contributed by atoms with E-state index in [1.807, 2.05) is 16.7 Å². The summed E-state index contributed by atoms with van der Waals surface area (Å²) in [5, 5.41) is 1.75. The molecule has 2 aromatic heterocycles. The Balaban J connectivity index is 0.00000417. The number of anilines is 1. The molecular formula is C35H35ClN4O8S. The SMILES string of the molecule is CC1(C)/C(=C/C=C/c2oc3cc(S(=O)(=O)[O-])ccc3[n+]2CCCCCC(=O)ON2C(=O)CCC2=O)N2CC[n+]3cccc4ccc1c2c43.[Cl-].